The van der Waals surface area contributed by atoms with Crippen LogP contribution in [0, 0.1) is 0 Å². The number of hydrogen-bond donors (Lipinski definition) is 2. The predicted molar refractivity (Wildman–Crippen MR) is 104 cm³/mol. The molecule has 0 saturated heterocycles. The number of rotatable bonds is 4. The Morgan fingerprint density at radius 3 is 2.41 bits per heavy atom. The van der Waals surface area contributed by atoms with Crippen LogP contribution in [0.2, 0.25) is 0 Å². The number of nitrogens with zero attached hydrogens (tertiary/aromatic N) is 2. The number of hydrogen-bond acceptors (Lipinski definition) is 2. The molecule has 0 amide bonds. The monoisotopic (exact) mass is 488 g/mol. The first kappa shape index (κ1) is 17.3. The Hall–Kier alpha value is -1.05. The molecule has 0 bridgehead atoms. The standard InChI is InChI=1S/C15H15Br3N4/c1-22(12-5-2-10(16)3-6-12)15(19)21-9-20-11-4-7-13(17)14(18)8-11/h2-8,20H,9H2,1H3,(H2,19,21). The first-order valence-corrected chi connectivity index (χ1v) is 8.83. The first-order chi connectivity index (χ1) is 10.5. The molecule has 0 aliphatic heterocycles. The normalized spacial score (nSPS) is 11.4. The van der Waals surface area contributed by atoms with Crippen molar-refractivity contribution in [2.24, 2.45) is 10.7 Å². The van der Waals surface area contributed by atoms with Crippen LogP contribution in [0.4, 0.5) is 11.4 Å². The third-order valence-corrected chi connectivity index (χ3v) is 5.41. The molecule has 7 heteroatoms. The van der Waals surface area contributed by atoms with Gasteiger partial charge in [-0.1, -0.05) is 15.9 Å². The van der Waals surface area contributed by atoms with Gasteiger partial charge in [0.15, 0.2) is 5.96 Å². The van der Waals surface area contributed by atoms with E-state index in [1.165, 1.54) is 0 Å². The lowest BCUT2D eigenvalue weighted by molar-refractivity contribution is 1.09. The zero-order chi connectivity index (χ0) is 16.1. The summed E-state index contributed by atoms with van der Waals surface area (Å²) in [5, 5.41) is 3.21. The van der Waals surface area contributed by atoms with E-state index >= 15 is 0 Å². The zero-order valence-electron chi connectivity index (χ0n) is 11.9. The minimum Gasteiger partial charge on any atom is -0.369 e. The van der Waals surface area contributed by atoms with Crippen LogP contribution in [0.15, 0.2) is 60.9 Å². The second-order valence-electron chi connectivity index (χ2n) is 4.52. The smallest absolute Gasteiger partial charge is 0.197 e. The summed E-state index contributed by atoms with van der Waals surface area (Å²) >= 11 is 10.3. The number of aliphatic imine (C=N–C) groups is 1. The van der Waals surface area contributed by atoms with Crippen molar-refractivity contribution in [3.63, 3.8) is 0 Å². The van der Waals surface area contributed by atoms with Gasteiger partial charge in [-0.25, -0.2) is 4.99 Å². The Morgan fingerprint density at radius 2 is 1.77 bits per heavy atom. The number of halogens is 3. The fourth-order valence-electron chi connectivity index (χ4n) is 1.72. The van der Waals surface area contributed by atoms with Crippen molar-refractivity contribution >= 4 is 65.1 Å². The highest BCUT2D eigenvalue weighted by atomic mass is 79.9. The minimum atomic E-state index is 0.404. The van der Waals surface area contributed by atoms with E-state index in [-0.39, 0.29) is 0 Å². The fraction of sp³-hybridized carbons (Fsp3) is 0.133. The van der Waals surface area contributed by atoms with Crippen molar-refractivity contribution in [1.82, 2.24) is 0 Å². The average molecular weight is 491 g/mol. The molecule has 0 spiro atoms. The van der Waals surface area contributed by atoms with E-state index in [9.17, 15) is 0 Å². The van der Waals surface area contributed by atoms with Gasteiger partial charge < -0.3 is 16.0 Å². The fourth-order valence-corrected chi connectivity index (χ4v) is 2.61. The van der Waals surface area contributed by atoms with E-state index in [0.29, 0.717) is 12.6 Å². The van der Waals surface area contributed by atoms with Crippen molar-refractivity contribution in [1.29, 1.82) is 0 Å². The summed E-state index contributed by atoms with van der Waals surface area (Å²) in [4.78, 5) is 6.18. The Morgan fingerprint density at radius 1 is 1.09 bits per heavy atom. The van der Waals surface area contributed by atoms with Gasteiger partial charge in [0, 0.05) is 31.8 Å². The van der Waals surface area contributed by atoms with E-state index in [0.717, 1.165) is 24.8 Å². The van der Waals surface area contributed by atoms with Crippen LogP contribution in [0.3, 0.4) is 0 Å². The molecule has 0 radical (unpaired) electrons. The summed E-state index contributed by atoms with van der Waals surface area (Å²) in [6, 6.07) is 13.8. The molecule has 4 nitrogen and oxygen atoms in total. The van der Waals surface area contributed by atoms with Gasteiger partial charge in [0.05, 0.1) is 0 Å². The second-order valence-corrected chi connectivity index (χ2v) is 7.14. The van der Waals surface area contributed by atoms with Gasteiger partial charge in [0.1, 0.15) is 6.67 Å². The molecule has 0 unspecified atom stereocenters. The third kappa shape index (κ3) is 4.72. The van der Waals surface area contributed by atoms with Crippen molar-refractivity contribution in [2.75, 3.05) is 23.9 Å². The SMILES string of the molecule is CN(C(N)=NCNc1ccc(Br)c(Br)c1)c1ccc(Br)cc1. The van der Waals surface area contributed by atoms with Gasteiger partial charge >= 0.3 is 0 Å². The summed E-state index contributed by atoms with van der Waals surface area (Å²) in [5.74, 6) is 0.450. The van der Waals surface area contributed by atoms with Gasteiger partial charge in [0.2, 0.25) is 0 Å². The number of benzene rings is 2. The molecule has 0 atom stereocenters. The van der Waals surface area contributed by atoms with Gasteiger partial charge in [-0.05, 0) is 74.3 Å². The van der Waals surface area contributed by atoms with Crippen LogP contribution >= 0.6 is 47.8 Å². The largest absolute Gasteiger partial charge is 0.369 e. The number of guanidine groups is 1. The molecule has 116 valence electrons. The molecule has 0 aliphatic carbocycles. The average Bonchev–Trinajstić information content (AvgIpc) is 2.51. The zero-order valence-corrected chi connectivity index (χ0v) is 16.6. The number of nitrogens with two attached hydrogens (primary N) is 1. The molecule has 22 heavy (non-hydrogen) atoms. The Balaban J connectivity index is 1.97. The second kappa shape index (κ2) is 7.99. The molecule has 0 aliphatic rings. The third-order valence-electron chi connectivity index (χ3n) is 3.00. The molecule has 2 aromatic carbocycles. The highest BCUT2D eigenvalue weighted by molar-refractivity contribution is 9.13. The van der Waals surface area contributed by atoms with Crippen molar-refractivity contribution in [2.45, 2.75) is 0 Å². The lowest BCUT2D eigenvalue weighted by Crippen LogP contribution is -2.34. The first-order valence-electron chi connectivity index (χ1n) is 6.45. The highest BCUT2D eigenvalue weighted by Crippen LogP contribution is 2.25. The van der Waals surface area contributed by atoms with E-state index in [2.05, 4.69) is 58.1 Å². The topological polar surface area (TPSA) is 53.6 Å². The van der Waals surface area contributed by atoms with E-state index < -0.39 is 0 Å². The lowest BCUT2D eigenvalue weighted by atomic mass is 10.3. The van der Waals surface area contributed by atoms with Gasteiger partial charge in [-0.2, -0.15) is 0 Å². The summed E-state index contributed by atoms with van der Waals surface area (Å²) in [7, 11) is 1.89. The van der Waals surface area contributed by atoms with Crippen molar-refractivity contribution < 1.29 is 0 Å². The van der Waals surface area contributed by atoms with Crippen LogP contribution in [-0.2, 0) is 0 Å². The molecule has 0 saturated carbocycles. The maximum atomic E-state index is 6.01. The summed E-state index contributed by atoms with van der Waals surface area (Å²) < 4.78 is 3.03. The molecular weight excluding hydrogens is 476 g/mol. The predicted octanol–water partition coefficient (Wildman–Crippen LogP) is 4.79. The maximum Gasteiger partial charge on any atom is 0.197 e. The number of nitrogens with one attached hydrogen (secondary N) is 1. The quantitative estimate of drug-likeness (QED) is 0.478. The minimum absolute atomic E-state index is 0.404. The highest BCUT2D eigenvalue weighted by Gasteiger charge is 2.04. The van der Waals surface area contributed by atoms with Crippen LogP contribution in [-0.4, -0.2) is 19.7 Å². The van der Waals surface area contributed by atoms with Crippen molar-refractivity contribution in [3.8, 4) is 0 Å². The molecular formula is C15H15Br3N4. The molecule has 2 aromatic rings. The Kier molecular flexibility index (Phi) is 6.28. The Labute approximate surface area is 155 Å². The van der Waals surface area contributed by atoms with E-state index in [1.807, 2.05) is 54.4 Å². The Bertz CT molecular complexity index is 671. The molecule has 0 fully saturated rings. The van der Waals surface area contributed by atoms with Gasteiger partial charge in [-0.15, -0.1) is 0 Å². The maximum absolute atomic E-state index is 6.01. The molecule has 3 N–H and O–H groups in total. The van der Waals surface area contributed by atoms with E-state index in [4.69, 9.17) is 5.73 Å². The lowest BCUT2D eigenvalue weighted by Gasteiger charge is -2.18. The van der Waals surface area contributed by atoms with Crippen molar-refractivity contribution in [3.05, 3.63) is 55.9 Å². The van der Waals surface area contributed by atoms with Crippen LogP contribution < -0.4 is 16.0 Å². The van der Waals surface area contributed by atoms with E-state index in [1.54, 1.807) is 0 Å². The summed E-state index contributed by atoms with van der Waals surface area (Å²) in [6.07, 6.45) is 0. The van der Waals surface area contributed by atoms with Crippen LogP contribution in [0.1, 0.15) is 0 Å². The van der Waals surface area contributed by atoms with Crippen LogP contribution in [0.25, 0.3) is 0 Å². The molecule has 0 heterocycles. The summed E-state index contributed by atoms with van der Waals surface area (Å²) in [5.41, 5.74) is 7.97. The number of anilines is 2. The molecule has 2 rings (SSSR count). The summed E-state index contributed by atoms with van der Waals surface area (Å²) in [6.45, 7) is 0.404. The van der Waals surface area contributed by atoms with Crippen LogP contribution in [0.5, 0.6) is 0 Å². The van der Waals surface area contributed by atoms with Gasteiger partial charge in [-0.3, -0.25) is 0 Å². The molecule has 0 aromatic heterocycles. The van der Waals surface area contributed by atoms with Gasteiger partial charge in [0.25, 0.3) is 0 Å².